The summed E-state index contributed by atoms with van der Waals surface area (Å²) in [5.41, 5.74) is 5.72. The van der Waals surface area contributed by atoms with Gasteiger partial charge in [0.05, 0.1) is 11.7 Å². The number of allylic oxidation sites excluding steroid dienone is 1. The van der Waals surface area contributed by atoms with Gasteiger partial charge in [0.25, 0.3) is 0 Å². The number of hydrogen-bond donors (Lipinski definition) is 1. The molecule has 142 valence electrons. The Balaban J connectivity index is 1.53. The molecule has 1 aliphatic heterocycles. The van der Waals surface area contributed by atoms with Crippen molar-refractivity contribution in [2.24, 2.45) is 0 Å². The highest BCUT2D eigenvalue weighted by molar-refractivity contribution is 5.30. The van der Waals surface area contributed by atoms with Crippen LogP contribution in [0.25, 0.3) is 0 Å². The Morgan fingerprint density at radius 3 is 2.85 bits per heavy atom. The van der Waals surface area contributed by atoms with Crippen molar-refractivity contribution in [1.29, 1.82) is 0 Å². The van der Waals surface area contributed by atoms with Gasteiger partial charge in [-0.05, 0) is 54.9 Å². The minimum Gasteiger partial charge on any atom is -0.308 e. The maximum absolute atomic E-state index is 4.79. The molecule has 3 nitrogen and oxygen atoms in total. The largest absolute Gasteiger partial charge is 0.308 e. The SMILES string of the molecule is CC/C=C\CN(C[C@H]1Cc2ccccc2CN1)[C@H]1CCCc2cccnc21. The zero-order valence-corrected chi connectivity index (χ0v) is 16.4. The van der Waals surface area contributed by atoms with Crippen molar-refractivity contribution in [3.05, 3.63) is 77.1 Å². The summed E-state index contributed by atoms with van der Waals surface area (Å²) in [6.45, 7) is 5.27. The van der Waals surface area contributed by atoms with Gasteiger partial charge in [-0.15, -0.1) is 0 Å². The molecule has 0 fully saturated rings. The van der Waals surface area contributed by atoms with Crippen molar-refractivity contribution in [1.82, 2.24) is 15.2 Å². The van der Waals surface area contributed by atoms with Gasteiger partial charge in [0.2, 0.25) is 0 Å². The Labute approximate surface area is 163 Å². The average Bonchev–Trinajstić information content (AvgIpc) is 2.73. The summed E-state index contributed by atoms with van der Waals surface area (Å²) >= 11 is 0. The molecular formula is C24H31N3. The Kier molecular flexibility index (Phi) is 6.00. The number of nitrogens with zero attached hydrogens (tertiary/aromatic N) is 2. The first-order valence-corrected chi connectivity index (χ1v) is 10.5. The van der Waals surface area contributed by atoms with Crippen molar-refractivity contribution in [2.75, 3.05) is 13.1 Å². The minimum atomic E-state index is 0.440. The minimum absolute atomic E-state index is 0.440. The van der Waals surface area contributed by atoms with Crippen LogP contribution in [-0.2, 0) is 19.4 Å². The van der Waals surface area contributed by atoms with Gasteiger partial charge >= 0.3 is 0 Å². The number of fused-ring (bicyclic) bond motifs is 2. The van der Waals surface area contributed by atoms with Gasteiger partial charge < -0.3 is 5.32 Å². The Morgan fingerprint density at radius 1 is 1.11 bits per heavy atom. The predicted octanol–water partition coefficient (Wildman–Crippen LogP) is 4.44. The Hall–Kier alpha value is -1.97. The standard InChI is InChI=1S/C24H31N3/c1-2-3-6-15-27(23-13-7-11-19-12-8-14-25-24(19)23)18-22-16-20-9-4-5-10-21(20)17-26-22/h3-6,8-10,12,14,22-23,26H,2,7,11,13,15-18H2,1H3/b6-3-/t22-,23+/m1/s1. The summed E-state index contributed by atoms with van der Waals surface area (Å²) in [5.74, 6) is 0. The molecule has 2 aliphatic rings. The van der Waals surface area contributed by atoms with Crippen LogP contribution in [0, 0.1) is 0 Å². The second-order valence-corrected chi connectivity index (χ2v) is 7.84. The van der Waals surface area contributed by atoms with E-state index in [0.29, 0.717) is 12.1 Å². The summed E-state index contributed by atoms with van der Waals surface area (Å²) < 4.78 is 0. The average molecular weight is 362 g/mol. The van der Waals surface area contributed by atoms with Crippen LogP contribution >= 0.6 is 0 Å². The van der Waals surface area contributed by atoms with Gasteiger partial charge in [0.1, 0.15) is 0 Å². The zero-order chi connectivity index (χ0) is 18.5. The molecule has 0 saturated carbocycles. The summed E-state index contributed by atoms with van der Waals surface area (Å²) in [7, 11) is 0. The van der Waals surface area contributed by atoms with Gasteiger partial charge in [0, 0.05) is 31.9 Å². The van der Waals surface area contributed by atoms with Crippen molar-refractivity contribution in [2.45, 2.75) is 57.7 Å². The highest BCUT2D eigenvalue weighted by Crippen LogP contribution is 2.33. The van der Waals surface area contributed by atoms with E-state index in [4.69, 9.17) is 4.98 Å². The molecule has 2 aromatic rings. The molecule has 0 unspecified atom stereocenters. The van der Waals surface area contributed by atoms with E-state index in [-0.39, 0.29) is 0 Å². The van der Waals surface area contributed by atoms with Crippen molar-refractivity contribution >= 4 is 0 Å². The van der Waals surface area contributed by atoms with Crippen LogP contribution < -0.4 is 5.32 Å². The zero-order valence-electron chi connectivity index (χ0n) is 16.4. The van der Waals surface area contributed by atoms with Gasteiger partial charge in [0.15, 0.2) is 0 Å². The van der Waals surface area contributed by atoms with Gasteiger partial charge in [-0.3, -0.25) is 9.88 Å². The molecule has 2 atom stereocenters. The van der Waals surface area contributed by atoms with Crippen LogP contribution in [-0.4, -0.2) is 29.0 Å². The smallest absolute Gasteiger partial charge is 0.0607 e. The lowest BCUT2D eigenvalue weighted by Gasteiger charge is -2.38. The topological polar surface area (TPSA) is 28.2 Å². The van der Waals surface area contributed by atoms with Crippen LogP contribution in [0.4, 0.5) is 0 Å². The highest BCUT2D eigenvalue weighted by atomic mass is 15.2. The van der Waals surface area contributed by atoms with E-state index in [9.17, 15) is 0 Å². The molecule has 0 saturated heterocycles. The maximum Gasteiger partial charge on any atom is 0.0607 e. The Bertz CT molecular complexity index is 783. The lowest BCUT2D eigenvalue weighted by atomic mass is 9.89. The van der Waals surface area contributed by atoms with Crippen LogP contribution in [0.1, 0.15) is 54.6 Å². The fraction of sp³-hybridized carbons (Fsp3) is 0.458. The third kappa shape index (κ3) is 4.31. The second-order valence-electron chi connectivity index (χ2n) is 7.84. The monoisotopic (exact) mass is 361 g/mol. The fourth-order valence-corrected chi connectivity index (χ4v) is 4.58. The summed E-state index contributed by atoms with van der Waals surface area (Å²) in [6.07, 6.45) is 12.5. The van der Waals surface area contributed by atoms with Crippen LogP contribution in [0.5, 0.6) is 0 Å². The van der Waals surface area contributed by atoms with E-state index in [0.717, 1.165) is 32.5 Å². The molecule has 1 aromatic carbocycles. The van der Waals surface area contributed by atoms with E-state index in [1.54, 1.807) is 0 Å². The number of benzene rings is 1. The maximum atomic E-state index is 4.79. The molecule has 0 spiro atoms. The molecular weight excluding hydrogens is 330 g/mol. The first-order valence-electron chi connectivity index (χ1n) is 10.5. The van der Waals surface area contributed by atoms with Crippen LogP contribution in [0.3, 0.4) is 0 Å². The molecule has 1 N–H and O–H groups in total. The number of aromatic nitrogens is 1. The second kappa shape index (κ2) is 8.81. The van der Waals surface area contributed by atoms with E-state index < -0.39 is 0 Å². The number of nitrogens with one attached hydrogen (secondary N) is 1. The molecule has 4 rings (SSSR count). The molecule has 27 heavy (non-hydrogen) atoms. The summed E-state index contributed by atoms with van der Waals surface area (Å²) in [4.78, 5) is 7.45. The van der Waals surface area contributed by atoms with Gasteiger partial charge in [-0.2, -0.15) is 0 Å². The van der Waals surface area contributed by atoms with Crippen molar-refractivity contribution < 1.29 is 0 Å². The molecule has 3 heteroatoms. The fourth-order valence-electron chi connectivity index (χ4n) is 4.58. The first-order chi connectivity index (χ1) is 13.3. The van der Waals surface area contributed by atoms with E-state index in [2.05, 4.69) is 65.7 Å². The molecule has 0 radical (unpaired) electrons. The Morgan fingerprint density at radius 2 is 1.96 bits per heavy atom. The summed E-state index contributed by atoms with van der Waals surface area (Å²) in [5, 5.41) is 3.77. The molecule has 0 amide bonds. The number of hydrogen-bond acceptors (Lipinski definition) is 3. The molecule has 1 aliphatic carbocycles. The molecule has 2 heterocycles. The van der Waals surface area contributed by atoms with Crippen LogP contribution in [0.2, 0.25) is 0 Å². The third-order valence-electron chi connectivity index (χ3n) is 5.97. The number of pyridine rings is 1. The van der Waals surface area contributed by atoms with E-state index in [1.807, 2.05) is 6.20 Å². The molecule has 1 aromatic heterocycles. The first kappa shape index (κ1) is 18.4. The quantitative estimate of drug-likeness (QED) is 0.771. The van der Waals surface area contributed by atoms with Crippen molar-refractivity contribution in [3.8, 4) is 0 Å². The van der Waals surface area contributed by atoms with Gasteiger partial charge in [-0.25, -0.2) is 0 Å². The van der Waals surface area contributed by atoms with Crippen LogP contribution in [0.15, 0.2) is 54.7 Å². The lowest BCUT2D eigenvalue weighted by molar-refractivity contribution is 0.170. The van der Waals surface area contributed by atoms with Gasteiger partial charge in [-0.1, -0.05) is 49.4 Å². The third-order valence-corrected chi connectivity index (χ3v) is 5.97. The summed E-state index contributed by atoms with van der Waals surface area (Å²) in [6, 6.07) is 14.2. The number of aryl methyl sites for hydroxylation is 1. The lowest BCUT2D eigenvalue weighted by Crippen LogP contribution is -2.46. The highest BCUT2D eigenvalue weighted by Gasteiger charge is 2.29. The van der Waals surface area contributed by atoms with E-state index in [1.165, 1.54) is 41.6 Å². The number of rotatable bonds is 6. The van der Waals surface area contributed by atoms with Crippen molar-refractivity contribution in [3.63, 3.8) is 0 Å². The van der Waals surface area contributed by atoms with E-state index >= 15 is 0 Å². The molecule has 0 bridgehead atoms. The predicted molar refractivity (Wildman–Crippen MR) is 112 cm³/mol. The normalized spacial score (nSPS) is 22.0.